The lowest BCUT2D eigenvalue weighted by atomic mass is 9.96. The summed E-state index contributed by atoms with van der Waals surface area (Å²) >= 11 is 0. The zero-order chi connectivity index (χ0) is 27.6. The minimum absolute atomic E-state index is 0.342. The average molecular weight is 527 g/mol. The Hall–Kier alpha value is -3.96. The molecule has 4 aromatic carbocycles. The molecular weight excluding hydrogens is 488 g/mol. The van der Waals surface area contributed by atoms with Gasteiger partial charge in [0.25, 0.3) is 0 Å². The molecule has 0 saturated heterocycles. The highest BCUT2D eigenvalue weighted by Crippen LogP contribution is 2.44. The normalized spacial score (nSPS) is 12.4. The van der Waals surface area contributed by atoms with Crippen molar-refractivity contribution < 1.29 is 23.7 Å². The van der Waals surface area contributed by atoms with Crippen molar-refractivity contribution in [1.29, 1.82) is 0 Å². The Balaban J connectivity index is 1.51. The summed E-state index contributed by atoms with van der Waals surface area (Å²) in [5.41, 5.74) is 5.07. The van der Waals surface area contributed by atoms with Gasteiger partial charge in [-0.05, 0) is 49.1 Å². The summed E-state index contributed by atoms with van der Waals surface area (Å²) < 4.78 is 29.7. The molecule has 4 aromatic rings. The van der Waals surface area contributed by atoms with Gasteiger partial charge in [0.1, 0.15) is 29.6 Å². The fourth-order valence-corrected chi connectivity index (χ4v) is 4.55. The molecule has 5 nitrogen and oxygen atoms in total. The molecule has 0 aromatic heterocycles. The van der Waals surface area contributed by atoms with Crippen molar-refractivity contribution in [3.8, 4) is 45.3 Å². The molecule has 0 radical (unpaired) electrons. The second-order valence-corrected chi connectivity index (χ2v) is 9.37. The summed E-state index contributed by atoms with van der Waals surface area (Å²) in [5.74, 6) is 3.61. The molecule has 39 heavy (non-hydrogen) atoms. The van der Waals surface area contributed by atoms with Crippen molar-refractivity contribution in [2.45, 2.75) is 39.4 Å². The van der Waals surface area contributed by atoms with Crippen LogP contribution in [0.1, 0.15) is 38.7 Å². The number of para-hydroxylation sites is 3. The van der Waals surface area contributed by atoms with E-state index in [0.29, 0.717) is 19.1 Å². The Kier molecular flexibility index (Phi) is 9.87. The maximum absolute atomic E-state index is 6.44. The van der Waals surface area contributed by atoms with Crippen LogP contribution in [0.4, 0.5) is 0 Å². The SMILES string of the molecule is CCC(C)c1ccc(OC(C)OCCOc2c(-c3ccccc3OC)cccc2-c2ccccc2OC)cc1. The third-order valence-electron chi connectivity index (χ3n) is 6.86. The molecule has 2 unspecified atom stereocenters. The Morgan fingerprint density at radius 1 is 0.615 bits per heavy atom. The lowest BCUT2D eigenvalue weighted by molar-refractivity contribution is -0.0738. The van der Waals surface area contributed by atoms with Gasteiger partial charge in [-0.15, -0.1) is 0 Å². The van der Waals surface area contributed by atoms with Crippen molar-refractivity contribution in [1.82, 2.24) is 0 Å². The minimum Gasteiger partial charge on any atom is -0.496 e. The van der Waals surface area contributed by atoms with E-state index in [2.05, 4.69) is 26.0 Å². The third-order valence-corrected chi connectivity index (χ3v) is 6.86. The van der Waals surface area contributed by atoms with Crippen LogP contribution in [0.3, 0.4) is 0 Å². The van der Waals surface area contributed by atoms with Gasteiger partial charge in [0.05, 0.1) is 20.8 Å². The lowest BCUT2D eigenvalue weighted by Gasteiger charge is -2.20. The molecule has 0 heterocycles. The number of methoxy groups -OCH3 is 2. The van der Waals surface area contributed by atoms with Gasteiger partial charge in [-0.3, -0.25) is 0 Å². The Morgan fingerprint density at radius 2 is 1.15 bits per heavy atom. The van der Waals surface area contributed by atoms with Gasteiger partial charge in [-0.25, -0.2) is 0 Å². The van der Waals surface area contributed by atoms with Crippen LogP contribution in [-0.4, -0.2) is 33.7 Å². The molecular formula is C34H38O5. The molecule has 0 aliphatic carbocycles. The average Bonchev–Trinajstić information content (AvgIpc) is 2.99. The first-order chi connectivity index (χ1) is 19.0. The maximum atomic E-state index is 6.44. The van der Waals surface area contributed by atoms with Gasteiger partial charge in [-0.1, -0.05) is 80.6 Å². The van der Waals surface area contributed by atoms with Gasteiger partial charge < -0.3 is 23.7 Å². The van der Waals surface area contributed by atoms with Crippen LogP contribution < -0.4 is 18.9 Å². The fraction of sp³-hybridized carbons (Fsp3) is 0.294. The number of ether oxygens (including phenoxy) is 5. The van der Waals surface area contributed by atoms with Crippen LogP contribution in [0.15, 0.2) is 91.0 Å². The van der Waals surface area contributed by atoms with Gasteiger partial charge in [0.2, 0.25) is 0 Å². The van der Waals surface area contributed by atoms with Crippen LogP contribution in [-0.2, 0) is 4.74 Å². The Bertz CT molecular complexity index is 1270. The van der Waals surface area contributed by atoms with Crippen molar-refractivity contribution in [3.63, 3.8) is 0 Å². The van der Waals surface area contributed by atoms with E-state index in [9.17, 15) is 0 Å². The minimum atomic E-state index is -0.416. The Morgan fingerprint density at radius 3 is 1.69 bits per heavy atom. The van der Waals surface area contributed by atoms with Crippen LogP contribution in [0.25, 0.3) is 22.3 Å². The third kappa shape index (κ3) is 6.92. The highest BCUT2D eigenvalue weighted by Gasteiger charge is 2.18. The number of rotatable bonds is 13. The smallest absolute Gasteiger partial charge is 0.197 e. The first-order valence-corrected chi connectivity index (χ1v) is 13.5. The zero-order valence-corrected chi connectivity index (χ0v) is 23.5. The first-order valence-electron chi connectivity index (χ1n) is 13.5. The zero-order valence-electron chi connectivity index (χ0n) is 23.5. The molecule has 0 N–H and O–H groups in total. The lowest BCUT2D eigenvalue weighted by Crippen LogP contribution is -2.20. The monoisotopic (exact) mass is 526 g/mol. The molecule has 4 rings (SSSR count). The number of hydrogen-bond donors (Lipinski definition) is 0. The summed E-state index contributed by atoms with van der Waals surface area (Å²) in [6.07, 6.45) is 0.694. The molecule has 0 fully saturated rings. The molecule has 0 saturated carbocycles. The van der Waals surface area contributed by atoms with Crippen molar-refractivity contribution >= 4 is 0 Å². The second-order valence-electron chi connectivity index (χ2n) is 9.37. The predicted octanol–water partition coefficient (Wildman–Crippen LogP) is 8.37. The number of benzene rings is 4. The molecule has 0 aliphatic heterocycles. The van der Waals surface area contributed by atoms with Crippen LogP contribution >= 0.6 is 0 Å². The predicted molar refractivity (Wildman–Crippen MR) is 157 cm³/mol. The quantitative estimate of drug-likeness (QED) is 0.129. The molecule has 5 heteroatoms. The maximum Gasteiger partial charge on any atom is 0.197 e. The van der Waals surface area contributed by atoms with E-state index >= 15 is 0 Å². The van der Waals surface area contributed by atoms with Gasteiger partial charge in [0.15, 0.2) is 6.29 Å². The topological polar surface area (TPSA) is 46.2 Å². The molecule has 0 bridgehead atoms. The second kappa shape index (κ2) is 13.7. The van der Waals surface area contributed by atoms with Crippen molar-refractivity contribution in [2.75, 3.05) is 27.4 Å². The largest absolute Gasteiger partial charge is 0.496 e. The summed E-state index contributed by atoms with van der Waals surface area (Å²) in [4.78, 5) is 0. The molecule has 0 spiro atoms. The summed E-state index contributed by atoms with van der Waals surface area (Å²) in [6.45, 7) is 7.02. The molecule has 2 atom stereocenters. The van der Waals surface area contributed by atoms with E-state index in [1.165, 1.54) is 5.56 Å². The van der Waals surface area contributed by atoms with Crippen LogP contribution in [0.2, 0.25) is 0 Å². The summed E-state index contributed by atoms with van der Waals surface area (Å²) in [6, 6.07) is 30.2. The van der Waals surface area contributed by atoms with Crippen molar-refractivity contribution in [2.24, 2.45) is 0 Å². The van der Waals surface area contributed by atoms with E-state index in [1.807, 2.05) is 85.8 Å². The highest BCUT2D eigenvalue weighted by molar-refractivity contribution is 5.86. The van der Waals surface area contributed by atoms with Crippen LogP contribution in [0.5, 0.6) is 23.0 Å². The van der Waals surface area contributed by atoms with E-state index in [-0.39, 0.29) is 0 Å². The Labute approximate surface area is 232 Å². The van der Waals surface area contributed by atoms with E-state index in [0.717, 1.165) is 51.7 Å². The van der Waals surface area contributed by atoms with E-state index < -0.39 is 6.29 Å². The fourth-order valence-electron chi connectivity index (χ4n) is 4.55. The van der Waals surface area contributed by atoms with Gasteiger partial charge >= 0.3 is 0 Å². The van der Waals surface area contributed by atoms with Gasteiger partial charge in [0, 0.05) is 22.3 Å². The number of hydrogen-bond acceptors (Lipinski definition) is 5. The van der Waals surface area contributed by atoms with Crippen molar-refractivity contribution in [3.05, 3.63) is 96.6 Å². The molecule has 0 amide bonds. The van der Waals surface area contributed by atoms with Gasteiger partial charge in [-0.2, -0.15) is 0 Å². The molecule has 0 aliphatic rings. The van der Waals surface area contributed by atoms with E-state index in [4.69, 9.17) is 23.7 Å². The first kappa shape index (κ1) is 28.1. The van der Waals surface area contributed by atoms with Crippen LogP contribution in [0, 0.1) is 0 Å². The summed E-state index contributed by atoms with van der Waals surface area (Å²) in [7, 11) is 3.35. The van der Waals surface area contributed by atoms with E-state index in [1.54, 1.807) is 14.2 Å². The standard InChI is InChI=1S/C34H38O5/c1-6-24(2)26-18-20-27(21-19-26)39-25(3)37-22-23-38-34-30(28-12-7-9-16-32(28)35-4)14-11-15-31(34)29-13-8-10-17-33(29)36-5/h7-21,24-25H,6,22-23H2,1-5H3. The highest BCUT2D eigenvalue weighted by atomic mass is 16.7. The summed E-state index contributed by atoms with van der Waals surface area (Å²) in [5, 5.41) is 0. The molecule has 204 valence electrons.